The predicted octanol–water partition coefficient (Wildman–Crippen LogP) is 6.17. The number of ether oxygens (including phenoxy) is 5. The molecule has 3 aromatic carbocycles. The zero-order chi connectivity index (χ0) is 30.9. The van der Waals surface area contributed by atoms with Crippen molar-refractivity contribution in [3.05, 3.63) is 88.5 Å². The molecule has 0 heterocycles. The molecule has 1 atom stereocenters. The maximum Gasteiger partial charge on any atom is 0.410 e. The van der Waals surface area contributed by atoms with E-state index in [0.29, 0.717) is 29.2 Å². The Morgan fingerprint density at radius 1 is 0.881 bits per heavy atom. The van der Waals surface area contributed by atoms with E-state index in [1.165, 1.54) is 7.05 Å². The van der Waals surface area contributed by atoms with Crippen LogP contribution < -0.4 is 14.2 Å². The van der Waals surface area contributed by atoms with E-state index in [1.54, 1.807) is 35.0 Å². The van der Waals surface area contributed by atoms with Gasteiger partial charge in [0.05, 0.1) is 27.4 Å². The van der Waals surface area contributed by atoms with Crippen molar-refractivity contribution in [2.45, 2.75) is 65.6 Å². The Morgan fingerprint density at radius 3 is 2.10 bits per heavy atom. The SMILES string of the molecule is COc1ccc(COCc2c(CC(C(=O)O)N(C)C(=O)OC(C)(C)C)cc(C)c(OC)c2OCc2ccccc2)cc1. The smallest absolute Gasteiger partial charge is 0.410 e. The molecule has 0 aromatic heterocycles. The van der Waals surface area contributed by atoms with Gasteiger partial charge < -0.3 is 28.8 Å². The summed E-state index contributed by atoms with van der Waals surface area (Å²) >= 11 is 0. The predicted molar refractivity (Wildman–Crippen MR) is 159 cm³/mol. The molecule has 9 heteroatoms. The zero-order valence-corrected chi connectivity index (χ0v) is 25.4. The van der Waals surface area contributed by atoms with Crippen LogP contribution in [-0.2, 0) is 40.5 Å². The van der Waals surface area contributed by atoms with Crippen LogP contribution in [0.15, 0.2) is 60.7 Å². The van der Waals surface area contributed by atoms with Crippen molar-refractivity contribution in [1.82, 2.24) is 4.90 Å². The van der Waals surface area contributed by atoms with Gasteiger partial charge in [-0.1, -0.05) is 48.5 Å². The number of hydrogen-bond donors (Lipinski definition) is 1. The second-order valence-corrected chi connectivity index (χ2v) is 11.0. The van der Waals surface area contributed by atoms with Crippen molar-refractivity contribution in [2.24, 2.45) is 0 Å². The van der Waals surface area contributed by atoms with Crippen LogP contribution in [0.25, 0.3) is 0 Å². The van der Waals surface area contributed by atoms with Gasteiger partial charge in [-0.15, -0.1) is 0 Å². The average Bonchev–Trinajstić information content (AvgIpc) is 2.95. The number of amides is 1. The molecular formula is C33H41NO8. The lowest BCUT2D eigenvalue weighted by Gasteiger charge is -2.29. The Bertz CT molecular complexity index is 1330. The number of likely N-dealkylation sites (N-methyl/N-ethyl adjacent to an activating group) is 1. The number of methoxy groups -OCH3 is 2. The molecule has 1 unspecified atom stereocenters. The lowest BCUT2D eigenvalue weighted by Crippen LogP contribution is -2.46. The number of aryl methyl sites for hydroxylation is 1. The van der Waals surface area contributed by atoms with Gasteiger partial charge in [-0.25, -0.2) is 9.59 Å². The molecule has 1 amide bonds. The molecule has 0 saturated carbocycles. The van der Waals surface area contributed by atoms with Crippen LogP contribution in [0.1, 0.15) is 48.6 Å². The first-order chi connectivity index (χ1) is 19.9. The first-order valence-electron chi connectivity index (χ1n) is 13.7. The summed E-state index contributed by atoms with van der Waals surface area (Å²) in [5, 5.41) is 10.2. The summed E-state index contributed by atoms with van der Waals surface area (Å²) in [4.78, 5) is 26.4. The zero-order valence-electron chi connectivity index (χ0n) is 25.4. The van der Waals surface area contributed by atoms with E-state index in [1.807, 2.05) is 67.6 Å². The van der Waals surface area contributed by atoms with E-state index in [2.05, 4.69) is 0 Å². The maximum atomic E-state index is 12.8. The van der Waals surface area contributed by atoms with Crippen LogP contribution in [-0.4, -0.2) is 55.0 Å². The fourth-order valence-electron chi connectivity index (χ4n) is 4.40. The van der Waals surface area contributed by atoms with E-state index >= 15 is 0 Å². The molecule has 3 aromatic rings. The molecule has 0 saturated heterocycles. The third kappa shape index (κ3) is 8.88. The molecule has 3 rings (SSSR count). The van der Waals surface area contributed by atoms with E-state index in [0.717, 1.165) is 27.3 Å². The van der Waals surface area contributed by atoms with E-state index < -0.39 is 23.7 Å². The number of nitrogens with zero attached hydrogens (tertiary/aromatic N) is 1. The third-order valence-electron chi connectivity index (χ3n) is 6.57. The quantitative estimate of drug-likeness (QED) is 0.256. The topological polar surface area (TPSA) is 104 Å². The number of carbonyl (C=O) groups excluding carboxylic acids is 1. The Balaban J connectivity index is 1.99. The van der Waals surface area contributed by atoms with Crippen molar-refractivity contribution in [2.75, 3.05) is 21.3 Å². The highest BCUT2D eigenvalue weighted by molar-refractivity contribution is 5.80. The standard InChI is InChI=1S/C33H41NO8/c1-22-17-25(18-28(31(35)36)34(5)32(37)42-33(2,3)4)27(21-40-19-24-13-15-26(38-6)16-14-24)30(29(22)39-7)41-20-23-11-9-8-10-12-23/h8-17,28H,18-21H2,1-7H3,(H,35,36). The van der Waals surface area contributed by atoms with Crippen molar-refractivity contribution < 1.29 is 38.4 Å². The summed E-state index contributed by atoms with van der Waals surface area (Å²) in [5.41, 5.74) is 3.19. The molecular weight excluding hydrogens is 538 g/mol. The van der Waals surface area contributed by atoms with Crippen molar-refractivity contribution in [1.29, 1.82) is 0 Å². The molecule has 0 aliphatic carbocycles. The van der Waals surface area contributed by atoms with Gasteiger partial charge in [0.2, 0.25) is 0 Å². The highest BCUT2D eigenvalue weighted by Gasteiger charge is 2.32. The number of benzene rings is 3. The Morgan fingerprint density at radius 2 is 1.52 bits per heavy atom. The summed E-state index contributed by atoms with van der Waals surface area (Å²) in [6, 6.07) is 17.9. The Labute approximate surface area is 247 Å². The van der Waals surface area contributed by atoms with Crippen molar-refractivity contribution in [3.8, 4) is 17.2 Å². The van der Waals surface area contributed by atoms with Gasteiger partial charge >= 0.3 is 12.1 Å². The monoisotopic (exact) mass is 579 g/mol. The lowest BCUT2D eigenvalue weighted by molar-refractivity contribution is -0.142. The normalized spacial score (nSPS) is 11.9. The van der Waals surface area contributed by atoms with Crippen LogP contribution in [0.3, 0.4) is 0 Å². The Kier molecular flexibility index (Phi) is 11.2. The van der Waals surface area contributed by atoms with Gasteiger partial charge in [0.1, 0.15) is 24.0 Å². The van der Waals surface area contributed by atoms with Gasteiger partial charge in [-0.3, -0.25) is 4.90 Å². The van der Waals surface area contributed by atoms with Crippen LogP contribution >= 0.6 is 0 Å². The van der Waals surface area contributed by atoms with Gasteiger partial charge in [0.25, 0.3) is 0 Å². The minimum absolute atomic E-state index is 0.00115. The molecule has 1 N–H and O–H groups in total. The Hall–Kier alpha value is -4.24. The number of hydrogen-bond acceptors (Lipinski definition) is 7. The fourth-order valence-corrected chi connectivity index (χ4v) is 4.40. The van der Waals surface area contributed by atoms with E-state index in [4.69, 9.17) is 23.7 Å². The van der Waals surface area contributed by atoms with Gasteiger partial charge in [-0.05, 0) is 62.1 Å². The highest BCUT2D eigenvalue weighted by atomic mass is 16.6. The molecule has 9 nitrogen and oxygen atoms in total. The van der Waals surface area contributed by atoms with E-state index in [-0.39, 0.29) is 19.6 Å². The lowest BCUT2D eigenvalue weighted by atomic mass is 9.96. The second-order valence-electron chi connectivity index (χ2n) is 11.0. The molecule has 226 valence electrons. The van der Waals surface area contributed by atoms with Crippen LogP contribution in [0, 0.1) is 6.92 Å². The summed E-state index contributed by atoms with van der Waals surface area (Å²) in [6.07, 6.45) is -0.725. The van der Waals surface area contributed by atoms with Gasteiger partial charge in [0.15, 0.2) is 11.5 Å². The van der Waals surface area contributed by atoms with Gasteiger partial charge in [-0.2, -0.15) is 0 Å². The van der Waals surface area contributed by atoms with E-state index in [9.17, 15) is 14.7 Å². The summed E-state index contributed by atoms with van der Waals surface area (Å²) in [6.45, 7) is 7.75. The number of rotatable bonds is 13. The number of carboxylic acids is 1. The van der Waals surface area contributed by atoms with Crippen LogP contribution in [0.4, 0.5) is 4.79 Å². The summed E-state index contributed by atoms with van der Waals surface area (Å²) in [7, 11) is 4.60. The highest BCUT2D eigenvalue weighted by Crippen LogP contribution is 2.39. The maximum absolute atomic E-state index is 12.8. The minimum Gasteiger partial charge on any atom is -0.497 e. The van der Waals surface area contributed by atoms with Crippen molar-refractivity contribution >= 4 is 12.1 Å². The van der Waals surface area contributed by atoms with Crippen LogP contribution in [0.2, 0.25) is 0 Å². The second kappa shape index (κ2) is 14.6. The third-order valence-corrected chi connectivity index (χ3v) is 6.57. The molecule has 0 spiro atoms. The average molecular weight is 580 g/mol. The molecule has 0 aliphatic rings. The fraction of sp³-hybridized carbons (Fsp3) is 0.394. The molecule has 0 bridgehead atoms. The molecule has 42 heavy (non-hydrogen) atoms. The molecule has 0 aliphatic heterocycles. The minimum atomic E-state index is -1.20. The first-order valence-corrected chi connectivity index (χ1v) is 13.7. The molecule has 0 radical (unpaired) electrons. The largest absolute Gasteiger partial charge is 0.497 e. The number of aliphatic carboxylic acids is 1. The first kappa shape index (κ1) is 32.3. The summed E-state index contributed by atoms with van der Waals surface area (Å²) < 4.78 is 28.9. The molecule has 0 fully saturated rings. The number of carboxylic acid groups (broad SMARTS) is 1. The number of carbonyl (C=O) groups is 2. The van der Waals surface area contributed by atoms with Crippen molar-refractivity contribution in [3.63, 3.8) is 0 Å². The van der Waals surface area contributed by atoms with Crippen LogP contribution in [0.5, 0.6) is 17.2 Å². The van der Waals surface area contributed by atoms with Gasteiger partial charge in [0, 0.05) is 19.0 Å². The summed E-state index contributed by atoms with van der Waals surface area (Å²) in [5.74, 6) is 0.587.